The highest BCUT2D eigenvalue weighted by Gasteiger charge is 2.12. The zero-order valence-electron chi connectivity index (χ0n) is 9.15. The number of hydrogen-bond acceptors (Lipinski definition) is 3. The Morgan fingerprint density at radius 1 is 1.40 bits per heavy atom. The summed E-state index contributed by atoms with van der Waals surface area (Å²) in [5.41, 5.74) is 8.05. The Kier molecular flexibility index (Phi) is 5.32. The van der Waals surface area contributed by atoms with Crippen LogP contribution in [0.5, 0.6) is 0 Å². The van der Waals surface area contributed by atoms with Crippen molar-refractivity contribution >= 4 is 0 Å². The van der Waals surface area contributed by atoms with E-state index in [0.717, 1.165) is 5.56 Å². The normalized spacial score (nSPS) is 12.7. The summed E-state index contributed by atoms with van der Waals surface area (Å²) in [7, 11) is 1.68. The van der Waals surface area contributed by atoms with Gasteiger partial charge in [0.15, 0.2) is 0 Å². The molecule has 0 radical (unpaired) electrons. The van der Waals surface area contributed by atoms with Crippen molar-refractivity contribution < 1.29 is 9.84 Å². The number of aliphatic hydroxyl groups excluding tert-OH is 1. The molecule has 1 rings (SSSR count). The number of benzene rings is 1. The summed E-state index contributed by atoms with van der Waals surface area (Å²) in [5.74, 6) is 0.223. The first-order valence-corrected chi connectivity index (χ1v) is 5.21. The van der Waals surface area contributed by atoms with Gasteiger partial charge in [-0.05, 0) is 30.0 Å². The summed E-state index contributed by atoms with van der Waals surface area (Å²) < 4.78 is 5.14. The lowest BCUT2D eigenvalue weighted by Crippen LogP contribution is -2.15. The zero-order chi connectivity index (χ0) is 11.1. The van der Waals surface area contributed by atoms with Crippen molar-refractivity contribution in [2.75, 3.05) is 20.3 Å². The molecule has 1 atom stereocenters. The average Bonchev–Trinajstić information content (AvgIpc) is 2.27. The molecule has 0 aliphatic carbocycles. The van der Waals surface area contributed by atoms with E-state index < -0.39 is 0 Å². The Balaban J connectivity index is 2.88. The van der Waals surface area contributed by atoms with Gasteiger partial charge < -0.3 is 15.6 Å². The van der Waals surface area contributed by atoms with Crippen molar-refractivity contribution in [2.24, 2.45) is 5.73 Å². The fourth-order valence-electron chi connectivity index (χ4n) is 1.78. The summed E-state index contributed by atoms with van der Waals surface area (Å²) in [6.45, 7) is 1.32. The second kappa shape index (κ2) is 6.56. The third-order valence-corrected chi connectivity index (χ3v) is 2.56. The van der Waals surface area contributed by atoms with Crippen LogP contribution in [0, 0.1) is 0 Å². The number of aliphatic hydroxyl groups is 1. The minimum absolute atomic E-state index is 0.170. The zero-order valence-corrected chi connectivity index (χ0v) is 9.15. The molecular weight excluding hydrogens is 190 g/mol. The van der Waals surface area contributed by atoms with Crippen molar-refractivity contribution in [2.45, 2.75) is 18.9 Å². The first kappa shape index (κ1) is 12.2. The minimum Gasteiger partial charge on any atom is -0.396 e. The van der Waals surface area contributed by atoms with Crippen molar-refractivity contribution in [1.82, 2.24) is 0 Å². The van der Waals surface area contributed by atoms with Crippen LogP contribution in [-0.4, -0.2) is 25.4 Å². The largest absolute Gasteiger partial charge is 0.396 e. The molecule has 0 saturated heterocycles. The van der Waals surface area contributed by atoms with Crippen LogP contribution in [0.2, 0.25) is 0 Å². The predicted molar refractivity (Wildman–Crippen MR) is 60.7 cm³/mol. The van der Waals surface area contributed by atoms with Gasteiger partial charge in [0.2, 0.25) is 0 Å². The van der Waals surface area contributed by atoms with Gasteiger partial charge >= 0.3 is 0 Å². The fourth-order valence-corrected chi connectivity index (χ4v) is 1.78. The van der Waals surface area contributed by atoms with Gasteiger partial charge in [-0.15, -0.1) is 0 Å². The second-order valence-electron chi connectivity index (χ2n) is 3.58. The van der Waals surface area contributed by atoms with E-state index in [0.29, 0.717) is 19.6 Å². The van der Waals surface area contributed by atoms with Crippen LogP contribution in [0.15, 0.2) is 24.3 Å². The van der Waals surface area contributed by atoms with Crippen LogP contribution in [-0.2, 0) is 11.3 Å². The van der Waals surface area contributed by atoms with Gasteiger partial charge in [0.25, 0.3) is 0 Å². The first-order valence-electron chi connectivity index (χ1n) is 5.21. The van der Waals surface area contributed by atoms with Gasteiger partial charge in [0.05, 0.1) is 6.61 Å². The molecule has 0 heterocycles. The molecule has 15 heavy (non-hydrogen) atoms. The molecule has 0 spiro atoms. The van der Waals surface area contributed by atoms with Gasteiger partial charge in [-0.25, -0.2) is 0 Å². The Bertz CT molecular complexity index is 289. The van der Waals surface area contributed by atoms with Crippen LogP contribution in [0.1, 0.15) is 23.5 Å². The monoisotopic (exact) mass is 209 g/mol. The summed E-state index contributed by atoms with van der Waals surface area (Å²) in [4.78, 5) is 0. The van der Waals surface area contributed by atoms with E-state index >= 15 is 0 Å². The Labute approximate surface area is 90.9 Å². The van der Waals surface area contributed by atoms with Gasteiger partial charge in [-0.2, -0.15) is 0 Å². The maximum atomic E-state index is 8.96. The molecule has 0 aliphatic rings. The lowest BCUT2D eigenvalue weighted by molar-refractivity contribution is 0.183. The lowest BCUT2D eigenvalue weighted by Gasteiger charge is -2.17. The number of nitrogens with two attached hydrogens (primary N) is 1. The molecule has 1 aromatic carbocycles. The molecule has 3 nitrogen and oxygen atoms in total. The SMILES string of the molecule is COCc1ccccc1C(CN)CCO. The van der Waals surface area contributed by atoms with Crippen molar-refractivity contribution in [3.8, 4) is 0 Å². The van der Waals surface area contributed by atoms with E-state index in [1.165, 1.54) is 5.56 Å². The third kappa shape index (κ3) is 3.30. The molecule has 0 saturated carbocycles. The molecule has 1 aromatic rings. The third-order valence-electron chi connectivity index (χ3n) is 2.56. The molecule has 3 N–H and O–H groups in total. The lowest BCUT2D eigenvalue weighted by atomic mass is 9.92. The fraction of sp³-hybridized carbons (Fsp3) is 0.500. The standard InChI is InChI=1S/C12H19NO2/c1-15-9-11-4-2-3-5-12(11)10(8-13)6-7-14/h2-5,10,14H,6-9,13H2,1H3. The Hall–Kier alpha value is -0.900. The number of rotatable bonds is 6. The van der Waals surface area contributed by atoms with Crippen LogP contribution >= 0.6 is 0 Å². The van der Waals surface area contributed by atoms with Crippen LogP contribution in [0.4, 0.5) is 0 Å². The maximum Gasteiger partial charge on any atom is 0.0715 e. The predicted octanol–water partition coefficient (Wildman–Crippen LogP) is 1.26. The van der Waals surface area contributed by atoms with E-state index in [1.807, 2.05) is 18.2 Å². The molecule has 0 aromatic heterocycles. The molecule has 0 fully saturated rings. The topological polar surface area (TPSA) is 55.5 Å². The van der Waals surface area contributed by atoms with E-state index in [4.69, 9.17) is 15.6 Å². The highest BCUT2D eigenvalue weighted by atomic mass is 16.5. The van der Waals surface area contributed by atoms with E-state index in [1.54, 1.807) is 7.11 Å². The molecule has 84 valence electrons. The second-order valence-corrected chi connectivity index (χ2v) is 3.58. The van der Waals surface area contributed by atoms with Crippen LogP contribution in [0.25, 0.3) is 0 Å². The molecule has 0 aliphatic heterocycles. The molecule has 3 heteroatoms. The van der Waals surface area contributed by atoms with Crippen molar-refractivity contribution in [1.29, 1.82) is 0 Å². The first-order chi connectivity index (χ1) is 7.33. The summed E-state index contributed by atoms with van der Waals surface area (Å²) in [6.07, 6.45) is 0.706. The summed E-state index contributed by atoms with van der Waals surface area (Å²) in [5, 5.41) is 8.96. The number of hydrogen-bond donors (Lipinski definition) is 2. The summed E-state index contributed by atoms with van der Waals surface area (Å²) in [6, 6.07) is 8.08. The van der Waals surface area contributed by atoms with Gasteiger partial charge in [0, 0.05) is 13.7 Å². The van der Waals surface area contributed by atoms with Crippen LogP contribution < -0.4 is 5.73 Å². The number of ether oxygens (including phenoxy) is 1. The Morgan fingerprint density at radius 3 is 2.73 bits per heavy atom. The minimum atomic E-state index is 0.170. The van der Waals surface area contributed by atoms with E-state index in [9.17, 15) is 0 Å². The van der Waals surface area contributed by atoms with Crippen molar-refractivity contribution in [3.05, 3.63) is 35.4 Å². The van der Waals surface area contributed by atoms with Gasteiger partial charge in [0.1, 0.15) is 0 Å². The van der Waals surface area contributed by atoms with Crippen molar-refractivity contribution in [3.63, 3.8) is 0 Å². The van der Waals surface area contributed by atoms with Gasteiger partial charge in [-0.1, -0.05) is 24.3 Å². The average molecular weight is 209 g/mol. The quantitative estimate of drug-likeness (QED) is 0.741. The summed E-state index contributed by atoms with van der Waals surface area (Å²) >= 11 is 0. The maximum absolute atomic E-state index is 8.96. The highest BCUT2D eigenvalue weighted by molar-refractivity contribution is 5.30. The van der Waals surface area contributed by atoms with Crippen LogP contribution in [0.3, 0.4) is 0 Å². The molecule has 0 bridgehead atoms. The van der Waals surface area contributed by atoms with Gasteiger partial charge in [-0.3, -0.25) is 0 Å². The number of methoxy groups -OCH3 is 1. The van der Waals surface area contributed by atoms with E-state index in [2.05, 4.69) is 6.07 Å². The molecule has 0 amide bonds. The Morgan fingerprint density at radius 2 is 2.13 bits per heavy atom. The highest BCUT2D eigenvalue weighted by Crippen LogP contribution is 2.22. The van der Waals surface area contributed by atoms with E-state index in [-0.39, 0.29) is 12.5 Å². The smallest absolute Gasteiger partial charge is 0.0715 e. The molecule has 1 unspecified atom stereocenters. The molecular formula is C12H19NO2.